The highest BCUT2D eigenvalue weighted by Gasteiger charge is 2.36. The molecule has 0 spiro atoms. The second-order valence-corrected chi connectivity index (χ2v) is 7.00. The number of aromatic amines is 1. The van der Waals surface area contributed by atoms with Gasteiger partial charge < -0.3 is 19.7 Å². The zero-order chi connectivity index (χ0) is 19.6. The number of piperazine rings is 1. The van der Waals surface area contributed by atoms with Crippen molar-refractivity contribution >= 4 is 28.8 Å². The molecule has 1 aliphatic heterocycles. The van der Waals surface area contributed by atoms with Gasteiger partial charge >= 0.3 is 0 Å². The van der Waals surface area contributed by atoms with Gasteiger partial charge in [0.2, 0.25) is 17.7 Å². The zero-order valence-electron chi connectivity index (χ0n) is 15.9. The SMILES string of the molecule is CC(=O)N1CCN(C(=O)CCc2nc3ccccc3[nH]2)C[C@@H]1C(=O)N(C)C. The minimum Gasteiger partial charge on any atom is -0.347 e. The van der Waals surface area contributed by atoms with Crippen LogP contribution in [0.5, 0.6) is 0 Å². The molecule has 144 valence electrons. The van der Waals surface area contributed by atoms with Crippen molar-refractivity contribution in [2.24, 2.45) is 0 Å². The smallest absolute Gasteiger partial charge is 0.246 e. The van der Waals surface area contributed by atoms with E-state index >= 15 is 0 Å². The minimum absolute atomic E-state index is 0.0322. The van der Waals surface area contributed by atoms with E-state index in [-0.39, 0.29) is 24.3 Å². The van der Waals surface area contributed by atoms with Crippen molar-refractivity contribution in [2.75, 3.05) is 33.7 Å². The van der Waals surface area contributed by atoms with Gasteiger partial charge in [0.05, 0.1) is 17.6 Å². The molecule has 1 aromatic carbocycles. The summed E-state index contributed by atoms with van der Waals surface area (Å²) in [5.74, 6) is 0.424. The van der Waals surface area contributed by atoms with E-state index in [0.717, 1.165) is 16.9 Å². The molecule has 0 saturated carbocycles. The van der Waals surface area contributed by atoms with Gasteiger partial charge in [0.25, 0.3) is 0 Å². The van der Waals surface area contributed by atoms with Gasteiger partial charge in [-0.15, -0.1) is 0 Å². The number of carbonyl (C=O) groups excluding carboxylic acids is 3. The number of hydrogen-bond acceptors (Lipinski definition) is 4. The Balaban J connectivity index is 1.63. The first kappa shape index (κ1) is 18.9. The number of H-pyrrole nitrogens is 1. The number of para-hydroxylation sites is 2. The molecule has 0 bridgehead atoms. The number of rotatable bonds is 4. The first-order chi connectivity index (χ1) is 12.9. The molecule has 0 unspecified atom stereocenters. The summed E-state index contributed by atoms with van der Waals surface area (Å²) in [4.78, 5) is 49.3. The van der Waals surface area contributed by atoms with E-state index in [1.54, 1.807) is 23.9 Å². The number of benzene rings is 1. The summed E-state index contributed by atoms with van der Waals surface area (Å²) in [6, 6.07) is 7.11. The third-order valence-electron chi connectivity index (χ3n) is 4.88. The first-order valence-electron chi connectivity index (χ1n) is 9.06. The Hall–Kier alpha value is -2.90. The van der Waals surface area contributed by atoms with E-state index in [1.165, 1.54) is 11.8 Å². The van der Waals surface area contributed by atoms with Crippen LogP contribution in [0.15, 0.2) is 24.3 Å². The highest BCUT2D eigenvalue weighted by molar-refractivity contribution is 5.88. The van der Waals surface area contributed by atoms with E-state index in [2.05, 4.69) is 9.97 Å². The summed E-state index contributed by atoms with van der Waals surface area (Å²) < 4.78 is 0. The predicted molar refractivity (Wildman–Crippen MR) is 101 cm³/mol. The summed E-state index contributed by atoms with van der Waals surface area (Å²) in [5.41, 5.74) is 1.83. The number of carbonyl (C=O) groups is 3. The van der Waals surface area contributed by atoms with Crippen LogP contribution in [0.1, 0.15) is 19.2 Å². The fraction of sp³-hybridized carbons (Fsp3) is 0.474. The van der Waals surface area contributed by atoms with E-state index in [9.17, 15) is 14.4 Å². The van der Waals surface area contributed by atoms with Gasteiger partial charge in [0, 0.05) is 47.0 Å². The van der Waals surface area contributed by atoms with Gasteiger partial charge in [0.15, 0.2) is 0 Å². The van der Waals surface area contributed by atoms with Crippen molar-refractivity contribution in [3.63, 3.8) is 0 Å². The Morgan fingerprint density at radius 2 is 1.96 bits per heavy atom. The molecule has 3 amide bonds. The first-order valence-corrected chi connectivity index (χ1v) is 9.06. The Morgan fingerprint density at radius 3 is 2.63 bits per heavy atom. The zero-order valence-corrected chi connectivity index (χ0v) is 15.9. The number of amides is 3. The molecule has 2 aromatic rings. The van der Waals surface area contributed by atoms with Gasteiger partial charge in [-0.2, -0.15) is 0 Å². The number of nitrogens with zero attached hydrogens (tertiary/aromatic N) is 4. The van der Waals surface area contributed by atoms with Crippen LogP contribution in [-0.4, -0.2) is 82.2 Å². The quantitative estimate of drug-likeness (QED) is 0.854. The number of nitrogens with one attached hydrogen (secondary N) is 1. The molecule has 3 rings (SSSR count). The Bertz CT molecular complexity index is 827. The van der Waals surface area contributed by atoms with Gasteiger partial charge in [-0.3, -0.25) is 14.4 Å². The average molecular weight is 371 g/mol. The number of hydrogen-bond donors (Lipinski definition) is 1. The number of imidazole rings is 1. The molecule has 1 atom stereocenters. The van der Waals surface area contributed by atoms with Crippen LogP contribution in [-0.2, 0) is 20.8 Å². The Kier molecular flexibility index (Phi) is 5.43. The van der Waals surface area contributed by atoms with E-state index < -0.39 is 6.04 Å². The molecule has 27 heavy (non-hydrogen) atoms. The number of fused-ring (bicyclic) bond motifs is 1. The summed E-state index contributed by atoms with van der Waals surface area (Å²) in [6.07, 6.45) is 0.815. The second-order valence-electron chi connectivity index (χ2n) is 7.00. The average Bonchev–Trinajstić information content (AvgIpc) is 3.07. The Labute approximate surface area is 158 Å². The van der Waals surface area contributed by atoms with E-state index in [0.29, 0.717) is 25.9 Å². The summed E-state index contributed by atoms with van der Waals surface area (Å²) in [7, 11) is 3.31. The maximum atomic E-state index is 12.7. The molecule has 1 aliphatic rings. The highest BCUT2D eigenvalue weighted by Crippen LogP contribution is 2.15. The normalized spacial score (nSPS) is 17.2. The highest BCUT2D eigenvalue weighted by atomic mass is 16.2. The largest absolute Gasteiger partial charge is 0.347 e. The number of likely N-dealkylation sites (N-methyl/N-ethyl adjacent to an activating group) is 1. The summed E-state index contributed by atoms with van der Waals surface area (Å²) >= 11 is 0. The molecule has 8 heteroatoms. The van der Waals surface area contributed by atoms with Crippen molar-refractivity contribution in [3.05, 3.63) is 30.1 Å². The van der Waals surface area contributed by atoms with Gasteiger partial charge in [-0.25, -0.2) is 4.98 Å². The lowest BCUT2D eigenvalue weighted by molar-refractivity contribution is -0.150. The summed E-state index contributed by atoms with van der Waals surface area (Å²) in [5, 5.41) is 0. The van der Waals surface area contributed by atoms with Crippen molar-refractivity contribution in [1.29, 1.82) is 0 Å². The molecule has 1 aromatic heterocycles. The standard InChI is InChI=1S/C19H25N5O3/c1-13(25)24-11-10-23(12-16(24)19(27)22(2)3)18(26)9-8-17-20-14-6-4-5-7-15(14)21-17/h4-7,16H,8-12H2,1-3H3,(H,20,21)/t16-/m1/s1. The molecule has 1 N–H and O–H groups in total. The number of aryl methyl sites for hydroxylation is 1. The van der Waals surface area contributed by atoms with E-state index in [1.807, 2.05) is 24.3 Å². The van der Waals surface area contributed by atoms with Crippen molar-refractivity contribution in [3.8, 4) is 0 Å². The van der Waals surface area contributed by atoms with Gasteiger partial charge in [0.1, 0.15) is 11.9 Å². The van der Waals surface area contributed by atoms with Crippen molar-refractivity contribution in [2.45, 2.75) is 25.8 Å². The Morgan fingerprint density at radius 1 is 1.22 bits per heavy atom. The molecular formula is C19H25N5O3. The maximum absolute atomic E-state index is 12.7. The minimum atomic E-state index is -0.624. The topological polar surface area (TPSA) is 89.6 Å². The van der Waals surface area contributed by atoms with Crippen LogP contribution in [0, 0.1) is 0 Å². The van der Waals surface area contributed by atoms with Crippen LogP contribution < -0.4 is 0 Å². The molecule has 1 saturated heterocycles. The van der Waals surface area contributed by atoms with E-state index in [4.69, 9.17) is 0 Å². The molecule has 1 fully saturated rings. The molecule has 2 heterocycles. The summed E-state index contributed by atoms with van der Waals surface area (Å²) in [6.45, 7) is 2.50. The van der Waals surface area contributed by atoms with Gasteiger partial charge in [-0.05, 0) is 12.1 Å². The lowest BCUT2D eigenvalue weighted by Gasteiger charge is -2.41. The number of aromatic nitrogens is 2. The fourth-order valence-corrected chi connectivity index (χ4v) is 3.40. The molecule has 0 aliphatic carbocycles. The second kappa shape index (κ2) is 7.77. The van der Waals surface area contributed by atoms with Gasteiger partial charge in [-0.1, -0.05) is 12.1 Å². The molecular weight excluding hydrogens is 346 g/mol. The third-order valence-corrected chi connectivity index (χ3v) is 4.88. The molecule has 8 nitrogen and oxygen atoms in total. The lowest BCUT2D eigenvalue weighted by atomic mass is 10.1. The van der Waals surface area contributed by atoms with Crippen molar-refractivity contribution < 1.29 is 14.4 Å². The fourth-order valence-electron chi connectivity index (χ4n) is 3.40. The third kappa shape index (κ3) is 4.10. The van der Waals surface area contributed by atoms with Crippen molar-refractivity contribution in [1.82, 2.24) is 24.7 Å². The maximum Gasteiger partial charge on any atom is 0.246 e. The lowest BCUT2D eigenvalue weighted by Crippen LogP contribution is -2.61. The van der Waals surface area contributed by atoms with Crippen LogP contribution >= 0.6 is 0 Å². The van der Waals surface area contributed by atoms with Crippen LogP contribution in [0.4, 0.5) is 0 Å². The van der Waals surface area contributed by atoms with Crippen LogP contribution in [0.25, 0.3) is 11.0 Å². The monoisotopic (exact) mass is 371 g/mol. The van der Waals surface area contributed by atoms with Crippen LogP contribution in [0.3, 0.4) is 0 Å². The predicted octanol–water partition coefficient (Wildman–Crippen LogP) is 0.643. The van der Waals surface area contributed by atoms with Crippen LogP contribution in [0.2, 0.25) is 0 Å². The molecule has 0 radical (unpaired) electrons.